The SMILES string of the molecule is CC(C)C1C(=O)OC(C(C)(C)C)OC1C(C)(C)C. The Morgan fingerprint density at radius 3 is 1.83 bits per heavy atom. The fraction of sp³-hybridized carbons (Fsp3) is 0.933. The Hall–Kier alpha value is -0.570. The molecule has 0 radical (unpaired) electrons. The number of hydrogen-bond acceptors (Lipinski definition) is 3. The van der Waals surface area contributed by atoms with E-state index < -0.39 is 6.29 Å². The summed E-state index contributed by atoms with van der Waals surface area (Å²) in [5.41, 5.74) is -0.265. The van der Waals surface area contributed by atoms with Gasteiger partial charge in [0, 0.05) is 5.41 Å². The fourth-order valence-electron chi connectivity index (χ4n) is 2.30. The maximum atomic E-state index is 12.2. The highest BCUT2D eigenvalue weighted by Crippen LogP contribution is 2.40. The van der Waals surface area contributed by atoms with Gasteiger partial charge in [-0.3, -0.25) is 4.79 Å². The molecule has 0 aromatic heterocycles. The van der Waals surface area contributed by atoms with Gasteiger partial charge in [0.25, 0.3) is 0 Å². The zero-order valence-electron chi connectivity index (χ0n) is 13.0. The highest BCUT2D eigenvalue weighted by molar-refractivity contribution is 5.74. The van der Waals surface area contributed by atoms with Crippen LogP contribution in [0.4, 0.5) is 0 Å². The van der Waals surface area contributed by atoms with Gasteiger partial charge in [-0.05, 0) is 11.3 Å². The van der Waals surface area contributed by atoms with Gasteiger partial charge in [0.15, 0.2) is 0 Å². The molecule has 0 N–H and O–H groups in total. The van der Waals surface area contributed by atoms with E-state index in [1.807, 2.05) is 34.6 Å². The molecule has 0 aliphatic carbocycles. The van der Waals surface area contributed by atoms with E-state index in [0.717, 1.165) is 0 Å². The Morgan fingerprint density at radius 1 is 1.00 bits per heavy atom. The highest BCUT2D eigenvalue weighted by Gasteiger charge is 2.48. The van der Waals surface area contributed by atoms with Crippen LogP contribution in [0.5, 0.6) is 0 Å². The van der Waals surface area contributed by atoms with Gasteiger partial charge in [0.1, 0.15) is 0 Å². The monoisotopic (exact) mass is 256 g/mol. The molecule has 3 nitrogen and oxygen atoms in total. The van der Waals surface area contributed by atoms with E-state index in [1.165, 1.54) is 0 Å². The summed E-state index contributed by atoms with van der Waals surface area (Å²) < 4.78 is 11.6. The topological polar surface area (TPSA) is 35.5 Å². The number of carbonyl (C=O) groups excluding carboxylic acids is 1. The smallest absolute Gasteiger partial charge is 0.314 e. The standard InChI is InChI=1S/C15H28O3/c1-9(2)10-11(14(3,4)5)17-13(15(6,7)8)18-12(10)16/h9-11,13H,1-8H3. The van der Waals surface area contributed by atoms with Gasteiger partial charge in [0.05, 0.1) is 12.0 Å². The Bertz CT molecular complexity index is 307. The Labute approximate surface area is 111 Å². The quantitative estimate of drug-likeness (QED) is 0.672. The molecule has 1 rings (SSSR count). The van der Waals surface area contributed by atoms with Crippen LogP contribution in [0.1, 0.15) is 55.4 Å². The van der Waals surface area contributed by atoms with Crippen LogP contribution in [0, 0.1) is 22.7 Å². The third kappa shape index (κ3) is 3.25. The van der Waals surface area contributed by atoms with Crippen LogP contribution in [-0.2, 0) is 14.3 Å². The molecule has 18 heavy (non-hydrogen) atoms. The molecular formula is C15H28O3. The first-order valence-electron chi connectivity index (χ1n) is 6.80. The van der Waals surface area contributed by atoms with Gasteiger partial charge in [-0.1, -0.05) is 55.4 Å². The second-order valence-corrected chi connectivity index (χ2v) is 7.83. The molecule has 106 valence electrons. The predicted octanol–water partition coefficient (Wildman–Crippen LogP) is 3.62. The summed E-state index contributed by atoms with van der Waals surface area (Å²) in [7, 11) is 0. The van der Waals surface area contributed by atoms with Crippen molar-refractivity contribution in [2.24, 2.45) is 22.7 Å². The molecule has 1 aliphatic heterocycles. The largest absolute Gasteiger partial charge is 0.435 e. The molecule has 1 fully saturated rings. The number of ether oxygens (including phenoxy) is 2. The normalized spacial score (nSPS) is 30.5. The molecule has 0 spiro atoms. The fourth-order valence-corrected chi connectivity index (χ4v) is 2.30. The van der Waals surface area contributed by atoms with E-state index >= 15 is 0 Å². The lowest BCUT2D eigenvalue weighted by molar-refractivity contribution is -0.276. The first-order chi connectivity index (χ1) is 7.94. The minimum Gasteiger partial charge on any atom is -0.435 e. The first kappa shape index (κ1) is 15.5. The molecule has 1 saturated heterocycles. The van der Waals surface area contributed by atoms with Crippen LogP contribution in [0.15, 0.2) is 0 Å². The lowest BCUT2D eigenvalue weighted by atomic mass is 9.75. The molecule has 0 amide bonds. The zero-order valence-corrected chi connectivity index (χ0v) is 13.0. The van der Waals surface area contributed by atoms with Crippen LogP contribution in [0.2, 0.25) is 0 Å². The molecular weight excluding hydrogens is 228 g/mol. The summed E-state index contributed by atoms with van der Waals surface area (Å²) in [6.45, 7) is 16.5. The van der Waals surface area contributed by atoms with Gasteiger partial charge < -0.3 is 9.47 Å². The highest BCUT2D eigenvalue weighted by atomic mass is 16.7. The van der Waals surface area contributed by atoms with Crippen molar-refractivity contribution in [3.63, 3.8) is 0 Å². The summed E-state index contributed by atoms with van der Waals surface area (Å²) >= 11 is 0. The minimum atomic E-state index is -0.454. The molecule has 1 heterocycles. The first-order valence-corrected chi connectivity index (χ1v) is 6.80. The summed E-state index contributed by atoms with van der Waals surface area (Å²) in [6, 6.07) is 0. The van der Waals surface area contributed by atoms with E-state index in [0.29, 0.717) is 0 Å². The molecule has 3 heteroatoms. The average Bonchev–Trinajstić information content (AvgIpc) is 2.12. The zero-order chi connectivity index (χ0) is 14.3. The van der Waals surface area contributed by atoms with Crippen molar-refractivity contribution in [3.8, 4) is 0 Å². The van der Waals surface area contributed by atoms with Gasteiger partial charge in [-0.15, -0.1) is 0 Å². The van der Waals surface area contributed by atoms with E-state index in [-0.39, 0.29) is 34.7 Å². The molecule has 0 bridgehead atoms. The van der Waals surface area contributed by atoms with Crippen molar-refractivity contribution in [2.45, 2.75) is 67.8 Å². The number of hydrogen-bond donors (Lipinski definition) is 0. The second-order valence-electron chi connectivity index (χ2n) is 7.83. The number of carbonyl (C=O) groups is 1. The van der Waals surface area contributed by atoms with E-state index in [9.17, 15) is 4.79 Å². The Morgan fingerprint density at radius 2 is 1.50 bits per heavy atom. The summed E-state index contributed by atoms with van der Waals surface area (Å²) in [5, 5.41) is 0. The van der Waals surface area contributed by atoms with Crippen molar-refractivity contribution >= 4 is 5.97 Å². The van der Waals surface area contributed by atoms with Gasteiger partial charge in [0.2, 0.25) is 6.29 Å². The minimum absolute atomic E-state index is 0.0716. The summed E-state index contributed by atoms with van der Waals surface area (Å²) in [6.07, 6.45) is -0.549. The molecule has 0 saturated carbocycles. The molecule has 3 atom stereocenters. The Kier molecular flexibility index (Phi) is 4.16. The van der Waals surface area contributed by atoms with Gasteiger partial charge >= 0.3 is 5.97 Å². The third-order valence-electron chi connectivity index (χ3n) is 3.37. The molecule has 3 unspecified atom stereocenters. The van der Waals surface area contributed by atoms with E-state index in [1.54, 1.807) is 0 Å². The van der Waals surface area contributed by atoms with Crippen molar-refractivity contribution in [2.75, 3.05) is 0 Å². The summed E-state index contributed by atoms with van der Waals surface area (Å²) in [5.74, 6) is -0.0673. The van der Waals surface area contributed by atoms with Crippen LogP contribution in [0.25, 0.3) is 0 Å². The lowest BCUT2D eigenvalue weighted by Gasteiger charge is -2.46. The number of rotatable bonds is 1. The third-order valence-corrected chi connectivity index (χ3v) is 3.37. The Balaban J connectivity index is 3.03. The number of esters is 1. The van der Waals surface area contributed by atoms with Crippen molar-refractivity contribution in [1.82, 2.24) is 0 Å². The van der Waals surface area contributed by atoms with E-state index in [2.05, 4.69) is 20.8 Å². The van der Waals surface area contributed by atoms with Crippen molar-refractivity contribution < 1.29 is 14.3 Å². The number of cyclic esters (lactones) is 1. The molecule has 0 aromatic rings. The average molecular weight is 256 g/mol. The van der Waals surface area contributed by atoms with Crippen LogP contribution in [-0.4, -0.2) is 18.4 Å². The molecule has 0 aromatic carbocycles. The second kappa shape index (κ2) is 4.84. The van der Waals surface area contributed by atoms with Crippen molar-refractivity contribution in [1.29, 1.82) is 0 Å². The van der Waals surface area contributed by atoms with Crippen molar-refractivity contribution in [3.05, 3.63) is 0 Å². The maximum Gasteiger partial charge on any atom is 0.314 e. The van der Waals surface area contributed by atoms with Crippen LogP contribution < -0.4 is 0 Å². The van der Waals surface area contributed by atoms with Gasteiger partial charge in [-0.2, -0.15) is 0 Å². The van der Waals surface area contributed by atoms with Crippen LogP contribution in [0.3, 0.4) is 0 Å². The lowest BCUT2D eigenvalue weighted by Crippen LogP contribution is -2.54. The van der Waals surface area contributed by atoms with Gasteiger partial charge in [-0.25, -0.2) is 0 Å². The maximum absolute atomic E-state index is 12.2. The molecule has 1 aliphatic rings. The summed E-state index contributed by atoms with van der Waals surface area (Å²) in [4.78, 5) is 12.2. The predicted molar refractivity (Wildman–Crippen MR) is 72.0 cm³/mol. The van der Waals surface area contributed by atoms with E-state index in [4.69, 9.17) is 9.47 Å². The van der Waals surface area contributed by atoms with Crippen LogP contribution >= 0.6 is 0 Å².